The van der Waals surface area contributed by atoms with Crippen molar-refractivity contribution in [1.82, 2.24) is 10.1 Å². The topological polar surface area (TPSA) is 97.1 Å². The standard InChI is InChI=1S/C25H22BrN3O5/c1-4-21-18-8-16(30)5-6-17(18)19(25(31)27-24-13(2)28-34-14(24)3)11-29(21)10-15-7-22-23(9-20(15)26)33-12-32-22/h4-9,11,21,30H,1,10,12H2,2-3H3,(H,27,31). The summed E-state index contributed by atoms with van der Waals surface area (Å²) in [5, 5.41) is 17.0. The molecule has 0 bridgehead atoms. The molecule has 5 rings (SSSR count). The Balaban J connectivity index is 1.56. The van der Waals surface area contributed by atoms with Gasteiger partial charge in [-0.2, -0.15) is 0 Å². The van der Waals surface area contributed by atoms with Gasteiger partial charge >= 0.3 is 0 Å². The highest BCUT2D eigenvalue weighted by Crippen LogP contribution is 2.42. The van der Waals surface area contributed by atoms with Crippen LogP contribution in [0.15, 0.2) is 58.2 Å². The first-order chi connectivity index (χ1) is 16.4. The van der Waals surface area contributed by atoms with Crippen molar-refractivity contribution in [1.29, 1.82) is 0 Å². The lowest BCUT2D eigenvalue weighted by Gasteiger charge is -2.35. The van der Waals surface area contributed by atoms with Gasteiger partial charge in [0.15, 0.2) is 17.3 Å². The number of halogens is 1. The summed E-state index contributed by atoms with van der Waals surface area (Å²) in [4.78, 5) is 15.4. The molecule has 0 aliphatic carbocycles. The van der Waals surface area contributed by atoms with Gasteiger partial charge in [-0.1, -0.05) is 33.2 Å². The highest BCUT2D eigenvalue weighted by molar-refractivity contribution is 9.10. The molecule has 34 heavy (non-hydrogen) atoms. The van der Waals surface area contributed by atoms with Gasteiger partial charge < -0.3 is 29.3 Å². The molecule has 3 heterocycles. The lowest BCUT2D eigenvalue weighted by atomic mass is 9.89. The number of carbonyl (C=O) groups excluding carboxylic acids is 1. The fourth-order valence-corrected chi connectivity index (χ4v) is 4.69. The lowest BCUT2D eigenvalue weighted by Crippen LogP contribution is -2.29. The van der Waals surface area contributed by atoms with E-state index in [1.54, 1.807) is 38.1 Å². The van der Waals surface area contributed by atoms with E-state index in [1.807, 2.05) is 23.2 Å². The van der Waals surface area contributed by atoms with Crippen LogP contribution < -0.4 is 14.8 Å². The fourth-order valence-electron chi connectivity index (χ4n) is 4.24. The van der Waals surface area contributed by atoms with Crippen LogP contribution in [0.1, 0.15) is 34.2 Å². The van der Waals surface area contributed by atoms with E-state index in [1.165, 1.54) is 0 Å². The van der Waals surface area contributed by atoms with Gasteiger partial charge in [0, 0.05) is 17.2 Å². The highest BCUT2D eigenvalue weighted by Gasteiger charge is 2.30. The summed E-state index contributed by atoms with van der Waals surface area (Å²) in [6.45, 7) is 8.15. The fraction of sp³-hybridized carbons (Fsp3) is 0.200. The van der Waals surface area contributed by atoms with Gasteiger partial charge in [0.2, 0.25) is 6.79 Å². The number of aromatic nitrogens is 1. The van der Waals surface area contributed by atoms with Gasteiger partial charge in [0.25, 0.3) is 5.91 Å². The molecule has 0 fully saturated rings. The third-order valence-electron chi connectivity index (χ3n) is 5.93. The van der Waals surface area contributed by atoms with Crippen LogP contribution in [0.5, 0.6) is 17.2 Å². The van der Waals surface area contributed by atoms with Crippen molar-refractivity contribution in [3.05, 3.63) is 81.8 Å². The number of ether oxygens (including phenoxy) is 2. The van der Waals surface area contributed by atoms with Crippen LogP contribution in [0.3, 0.4) is 0 Å². The average molecular weight is 524 g/mol. The van der Waals surface area contributed by atoms with Crippen molar-refractivity contribution >= 4 is 33.1 Å². The monoisotopic (exact) mass is 523 g/mol. The molecule has 1 amide bonds. The minimum Gasteiger partial charge on any atom is -0.508 e. The zero-order valence-electron chi connectivity index (χ0n) is 18.6. The van der Waals surface area contributed by atoms with Crippen molar-refractivity contribution in [2.75, 3.05) is 12.1 Å². The third kappa shape index (κ3) is 3.81. The number of benzene rings is 2. The van der Waals surface area contributed by atoms with E-state index < -0.39 is 0 Å². The van der Waals surface area contributed by atoms with E-state index in [4.69, 9.17) is 14.0 Å². The second kappa shape index (κ2) is 8.57. The van der Waals surface area contributed by atoms with E-state index in [-0.39, 0.29) is 24.5 Å². The summed E-state index contributed by atoms with van der Waals surface area (Å²) in [6, 6.07) is 8.50. The Morgan fingerprint density at radius 3 is 2.76 bits per heavy atom. The van der Waals surface area contributed by atoms with Crippen LogP contribution in [-0.2, 0) is 11.3 Å². The zero-order chi connectivity index (χ0) is 24.0. The molecule has 2 N–H and O–H groups in total. The van der Waals surface area contributed by atoms with Crippen LogP contribution in [0, 0.1) is 13.8 Å². The van der Waals surface area contributed by atoms with Crippen molar-refractivity contribution in [2.45, 2.75) is 26.4 Å². The SMILES string of the molecule is C=CC1c2cc(O)ccc2C(C(=O)Nc2c(C)noc2C)=CN1Cc1cc2c(cc1Br)OCO2. The highest BCUT2D eigenvalue weighted by atomic mass is 79.9. The minimum absolute atomic E-state index is 0.113. The Labute approximate surface area is 204 Å². The molecule has 2 aliphatic rings. The number of hydrogen-bond donors (Lipinski definition) is 2. The lowest BCUT2D eigenvalue weighted by molar-refractivity contribution is -0.111. The number of amides is 1. The van der Waals surface area contributed by atoms with E-state index in [2.05, 4.69) is 33.0 Å². The molecule has 0 radical (unpaired) electrons. The molecule has 3 aromatic rings. The zero-order valence-corrected chi connectivity index (χ0v) is 20.2. The predicted octanol–water partition coefficient (Wildman–Crippen LogP) is 5.21. The van der Waals surface area contributed by atoms with Crippen LogP contribution in [-0.4, -0.2) is 27.9 Å². The maximum Gasteiger partial charge on any atom is 0.257 e. The van der Waals surface area contributed by atoms with E-state index in [0.717, 1.165) is 15.6 Å². The maximum atomic E-state index is 13.4. The number of fused-ring (bicyclic) bond motifs is 2. The molecule has 1 unspecified atom stereocenters. The Bertz CT molecular complexity index is 1330. The Morgan fingerprint density at radius 1 is 1.29 bits per heavy atom. The number of nitrogens with zero attached hydrogens (tertiary/aromatic N) is 2. The summed E-state index contributed by atoms with van der Waals surface area (Å²) >= 11 is 3.62. The molecule has 9 heteroatoms. The molecule has 0 saturated carbocycles. The molecular weight excluding hydrogens is 502 g/mol. The quantitative estimate of drug-likeness (QED) is 0.443. The maximum absolute atomic E-state index is 13.4. The summed E-state index contributed by atoms with van der Waals surface area (Å²) in [6.07, 6.45) is 3.61. The predicted molar refractivity (Wildman–Crippen MR) is 129 cm³/mol. The average Bonchev–Trinajstić information content (AvgIpc) is 3.39. The molecule has 1 aromatic heterocycles. The number of aryl methyl sites for hydroxylation is 2. The van der Waals surface area contributed by atoms with Crippen LogP contribution >= 0.6 is 15.9 Å². The number of carbonyl (C=O) groups is 1. The number of nitrogens with one attached hydrogen (secondary N) is 1. The smallest absolute Gasteiger partial charge is 0.257 e. The molecule has 2 aromatic carbocycles. The molecular formula is C25H22BrN3O5. The van der Waals surface area contributed by atoms with Gasteiger partial charge in [-0.05, 0) is 54.8 Å². The normalized spacial score (nSPS) is 16.1. The first-order valence-corrected chi connectivity index (χ1v) is 11.4. The molecule has 2 aliphatic heterocycles. The van der Waals surface area contributed by atoms with Gasteiger partial charge in [0.05, 0.1) is 11.6 Å². The molecule has 8 nitrogen and oxygen atoms in total. The van der Waals surface area contributed by atoms with E-state index in [9.17, 15) is 9.90 Å². The summed E-state index contributed by atoms with van der Waals surface area (Å²) in [5.41, 5.74) is 4.03. The first-order valence-electron chi connectivity index (χ1n) is 10.6. The summed E-state index contributed by atoms with van der Waals surface area (Å²) in [5.74, 6) is 1.68. The number of anilines is 1. The molecule has 0 spiro atoms. The van der Waals surface area contributed by atoms with Crippen molar-refractivity contribution in [3.63, 3.8) is 0 Å². The van der Waals surface area contributed by atoms with Crippen LogP contribution in [0.25, 0.3) is 5.57 Å². The largest absolute Gasteiger partial charge is 0.508 e. The van der Waals surface area contributed by atoms with Gasteiger partial charge in [0.1, 0.15) is 17.1 Å². The number of phenolic OH excluding ortho intramolecular Hbond substituents is 1. The Hall–Kier alpha value is -3.72. The van der Waals surface area contributed by atoms with E-state index >= 15 is 0 Å². The third-order valence-corrected chi connectivity index (χ3v) is 6.67. The van der Waals surface area contributed by atoms with Gasteiger partial charge in [-0.3, -0.25) is 4.79 Å². The second-order valence-corrected chi connectivity index (χ2v) is 8.97. The van der Waals surface area contributed by atoms with Crippen molar-refractivity contribution < 1.29 is 23.9 Å². The first kappa shape index (κ1) is 22.1. The minimum atomic E-state index is -0.307. The number of hydrogen-bond acceptors (Lipinski definition) is 7. The Morgan fingerprint density at radius 2 is 2.06 bits per heavy atom. The number of rotatable bonds is 5. The summed E-state index contributed by atoms with van der Waals surface area (Å²) < 4.78 is 17.0. The van der Waals surface area contributed by atoms with E-state index in [0.29, 0.717) is 46.3 Å². The van der Waals surface area contributed by atoms with Crippen LogP contribution in [0.2, 0.25) is 0 Å². The van der Waals surface area contributed by atoms with Crippen LogP contribution in [0.4, 0.5) is 5.69 Å². The summed E-state index contributed by atoms with van der Waals surface area (Å²) in [7, 11) is 0. The molecule has 1 atom stereocenters. The number of phenols is 1. The Kier molecular flexibility index (Phi) is 5.57. The van der Waals surface area contributed by atoms with Crippen molar-refractivity contribution in [2.24, 2.45) is 0 Å². The second-order valence-electron chi connectivity index (χ2n) is 8.12. The molecule has 0 saturated heterocycles. The number of aromatic hydroxyl groups is 1. The van der Waals surface area contributed by atoms with Crippen molar-refractivity contribution in [3.8, 4) is 17.2 Å². The molecule has 174 valence electrons. The van der Waals surface area contributed by atoms with Gasteiger partial charge in [-0.25, -0.2) is 0 Å². The van der Waals surface area contributed by atoms with Gasteiger partial charge in [-0.15, -0.1) is 6.58 Å².